The predicted octanol–water partition coefficient (Wildman–Crippen LogP) is -0.0426. The van der Waals surface area contributed by atoms with Gasteiger partial charge in [0.2, 0.25) is 0 Å². The first-order valence-corrected chi connectivity index (χ1v) is 2.09. The summed E-state index contributed by atoms with van der Waals surface area (Å²) in [5, 5.41) is 0. The highest BCUT2D eigenvalue weighted by atomic mass is 16.5. The SMILES string of the molecule is C=C(NN)OCC. The van der Waals surface area contributed by atoms with Crippen LogP contribution in [0.2, 0.25) is 0 Å². The van der Waals surface area contributed by atoms with Crippen molar-refractivity contribution in [2.75, 3.05) is 6.61 Å². The van der Waals surface area contributed by atoms with E-state index in [2.05, 4.69) is 12.0 Å². The average Bonchev–Trinajstić information content (AvgIpc) is 1.68. The molecule has 0 heterocycles. The van der Waals surface area contributed by atoms with Crippen LogP contribution < -0.4 is 11.3 Å². The van der Waals surface area contributed by atoms with Crippen molar-refractivity contribution >= 4 is 0 Å². The van der Waals surface area contributed by atoms with Gasteiger partial charge in [-0.25, -0.2) is 5.84 Å². The molecule has 0 saturated heterocycles. The van der Waals surface area contributed by atoms with Crippen molar-refractivity contribution in [1.82, 2.24) is 5.43 Å². The molecule has 0 saturated carbocycles. The van der Waals surface area contributed by atoms with Crippen molar-refractivity contribution in [2.45, 2.75) is 6.92 Å². The van der Waals surface area contributed by atoms with Gasteiger partial charge in [0.25, 0.3) is 0 Å². The van der Waals surface area contributed by atoms with Crippen LogP contribution in [0.3, 0.4) is 0 Å². The predicted molar refractivity (Wildman–Crippen MR) is 28.1 cm³/mol. The summed E-state index contributed by atoms with van der Waals surface area (Å²) in [6, 6.07) is 0. The normalized spacial score (nSPS) is 7.71. The molecule has 3 nitrogen and oxygen atoms in total. The highest BCUT2D eigenvalue weighted by molar-refractivity contribution is 4.73. The molecular formula is C4H10N2O. The highest BCUT2D eigenvalue weighted by Crippen LogP contribution is 1.80. The van der Waals surface area contributed by atoms with Gasteiger partial charge in [0.15, 0.2) is 5.88 Å². The van der Waals surface area contributed by atoms with Gasteiger partial charge in [0.1, 0.15) is 0 Å². The van der Waals surface area contributed by atoms with Gasteiger partial charge in [-0.1, -0.05) is 0 Å². The zero-order valence-corrected chi connectivity index (χ0v) is 4.40. The Bertz CT molecular complexity index is 62.7. The molecule has 0 spiro atoms. The van der Waals surface area contributed by atoms with Gasteiger partial charge in [-0.3, -0.25) is 5.43 Å². The fraction of sp³-hybridized carbons (Fsp3) is 0.500. The molecule has 0 atom stereocenters. The zero-order valence-electron chi connectivity index (χ0n) is 4.40. The maximum Gasteiger partial charge on any atom is 0.193 e. The summed E-state index contributed by atoms with van der Waals surface area (Å²) < 4.78 is 4.76. The van der Waals surface area contributed by atoms with E-state index < -0.39 is 0 Å². The standard InChI is InChI=1S/C4H10N2O/c1-3-7-4(2)6-5/h6H,2-3,5H2,1H3. The monoisotopic (exact) mass is 102 g/mol. The molecule has 0 rings (SSSR count). The molecule has 0 amide bonds. The average molecular weight is 102 g/mol. The van der Waals surface area contributed by atoms with E-state index in [1.807, 2.05) is 6.92 Å². The Labute approximate surface area is 43.1 Å². The van der Waals surface area contributed by atoms with Crippen molar-refractivity contribution in [1.29, 1.82) is 0 Å². The molecule has 0 aromatic rings. The smallest absolute Gasteiger partial charge is 0.193 e. The summed E-state index contributed by atoms with van der Waals surface area (Å²) in [6.45, 7) is 5.87. The third-order valence-corrected chi connectivity index (χ3v) is 0.480. The molecular weight excluding hydrogens is 92.1 g/mol. The summed E-state index contributed by atoms with van der Waals surface area (Å²) in [7, 11) is 0. The molecule has 3 N–H and O–H groups in total. The fourth-order valence-electron chi connectivity index (χ4n) is 0.216. The maximum absolute atomic E-state index is 4.88. The Morgan fingerprint density at radius 1 is 2.00 bits per heavy atom. The van der Waals surface area contributed by atoms with E-state index in [0.717, 1.165) is 0 Å². The van der Waals surface area contributed by atoms with E-state index in [1.54, 1.807) is 0 Å². The van der Waals surface area contributed by atoms with Crippen LogP contribution in [0.25, 0.3) is 0 Å². The lowest BCUT2D eigenvalue weighted by Gasteiger charge is -2.02. The number of nitrogens with one attached hydrogen (secondary N) is 1. The second kappa shape index (κ2) is 3.49. The number of hydrogen-bond donors (Lipinski definition) is 2. The third kappa shape index (κ3) is 3.12. The van der Waals surface area contributed by atoms with E-state index in [9.17, 15) is 0 Å². The molecule has 0 aromatic carbocycles. The molecule has 3 heteroatoms. The first-order valence-electron chi connectivity index (χ1n) is 2.09. The minimum atomic E-state index is 0.405. The minimum Gasteiger partial charge on any atom is -0.479 e. The van der Waals surface area contributed by atoms with Crippen LogP contribution in [-0.4, -0.2) is 6.61 Å². The van der Waals surface area contributed by atoms with Crippen molar-refractivity contribution in [3.05, 3.63) is 12.5 Å². The maximum atomic E-state index is 4.88. The Balaban J connectivity index is 3.00. The number of hydrazine groups is 1. The summed E-state index contributed by atoms with van der Waals surface area (Å²) in [5.41, 5.74) is 2.25. The van der Waals surface area contributed by atoms with Crippen LogP contribution in [0.4, 0.5) is 0 Å². The van der Waals surface area contributed by atoms with Gasteiger partial charge in [-0.05, 0) is 13.5 Å². The molecule has 0 bridgehead atoms. The molecule has 0 aliphatic heterocycles. The first-order chi connectivity index (χ1) is 3.31. The van der Waals surface area contributed by atoms with Crippen molar-refractivity contribution < 1.29 is 4.74 Å². The number of rotatable bonds is 3. The Kier molecular flexibility index (Phi) is 3.14. The van der Waals surface area contributed by atoms with E-state index in [4.69, 9.17) is 10.6 Å². The summed E-state index contributed by atoms with van der Waals surface area (Å²) in [4.78, 5) is 0. The number of nitrogens with two attached hydrogens (primary N) is 1. The number of ether oxygens (including phenoxy) is 1. The van der Waals surface area contributed by atoms with Gasteiger partial charge >= 0.3 is 0 Å². The molecule has 0 aliphatic rings. The van der Waals surface area contributed by atoms with Crippen molar-refractivity contribution in [2.24, 2.45) is 5.84 Å². The van der Waals surface area contributed by atoms with E-state index >= 15 is 0 Å². The van der Waals surface area contributed by atoms with Gasteiger partial charge < -0.3 is 4.74 Å². The van der Waals surface area contributed by atoms with E-state index in [-0.39, 0.29) is 0 Å². The topological polar surface area (TPSA) is 47.3 Å². The molecule has 0 aliphatic carbocycles. The second-order valence-electron chi connectivity index (χ2n) is 1.00. The van der Waals surface area contributed by atoms with Crippen LogP contribution >= 0.6 is 0 Å². The van der Waals surface area contributed by atoms with Crippen molar-refractivity contribution in [3.63, 3.8) is 0 Å². The second-order valence-corrected chi connectivity index (χ2v) is 1.00. The summed E-state index contributed by atoms with van der Waals surface area (Å²) in [5.74, 6) is 5.29. The molecule has 0 aromatic heterocycles. The summed E-state index contributed by atoms with van der Waals surface area (Å²) in [6.07, 6.45) is 0. The van der Waals surface area contributed by atoms with Crippen molar-refractivity contribution in [3.8, 4) is 0 Å². The van der Waals surface area contributed by atoms with Crippen LogP contribution in [0.5, 0.6) is 0 Å². The van der Waals surface area contributed by atoms with Crippen LogP contribution in [-0.2, 0) is 4.74 Å². The van der Waals surface area contributed by atoms with Crippen LogP contribution in [0.1, 0.15) is 6.92 Å². The Morgan fingerprint density at radius 3 is 2.71 bits per heavy atom. The lowest BCUT2D eigenvalue weighted by Crippen LogP contribution is -2.21. The molecule has 42 valence electrons. The van der Waals surface area contributed by atoms with Gasteiger partial charge in [0, 0.05) is 0 Å². The lowest BCUT2D eigenvalue weighted by atomic mass is 10.8. The van der Waals surface area contributed by atoms with Gasteiger partial charge in [-0.15, -0.1) is 0 Å². The lowest BCUT2D eigenvalue weighted by molar-refractivity contribution is 0.208. The Morgan fingerprint density at radius 2 is 2.57 bits per heavy atom. The van der Waals surface area contributed by atoms with Crippen LogP contribution in [0.15, 0.2) is 12.5 Å². The fourth-order valence-corrected chi connectivity index (χ4v) is 0.216. The molecule has 7 heavy (non-hydrogen) atoms. The zero-order chi connectivity index (χ0) is 5.70. The molecule has 0 radical (unpaired) electrons. The third-order valence-electron chi connectivity index (χ3n) is 0.480. The molecule has 0 unspecified atom stereocenters. The molecule has 0 fully saturated rings. The largest absolute Gasteiger partial charge is 0.479 e. The van der Waals surface area contributed by atoms with Gasteiger partial charge in [0.05, 0.1) is 6.61 Å². The van der Waals surface area contributed by atoms with Gasteiger partial charge in [-0.2, -0.15) is 0 Å². The Hall–Kier alpha value is -0.700. The number of hydrogen-bond acceptors (Lipinski definition) is 3. The first kappa shape index (κ1) is 6.30. The van der Waals surface area contributed by atoms with E-state index in [1.165, 1.54) is 0 Å². The van der Waals surface area contributed by atoms with E-state index in [0.29, 0.717) is 12.5 Å². The minimum absolute atomic E-state index is 0.405. The highest BCUT2D eigenvalue weighted by Gasteiger charge is 1.80. The quantitative estimate of drug-likeness (QED) is 0.298. The summed E-state index contributed by atoms with van der Waals surface area (Å²) >= 11 is 0. The van der Waals surface area contributed by atoms with Crippen LogP contribution in [0, 0.1) is 0 Å².